The molecule has 3 aromatic rings. The molecule has 158 valence electrons. The van der Waals surface area contributed by atoms with Crippen LogP contribution in [0.5, 0.6) is 0 Å². The summed E-state index contributed by atoms with van der Waals surface area (Å²) in [5, 5.41) is 4.68. The highest BCUT2D eigenvalue weighted by molar-refractivity contribution is 7.89. The third-order valence-corrected chi connectivity index (χ3v) is 7.52. The molecule has 1 saturated heterocycles. The summed E-state index contributed by atoms with van der Waals surface area (Å²) < 4.78 is 33.0. The van der Waals surface area contributed by atoms with Crippen LogP contribution in [-0.4, -0.2) is 53.9 Å². The van der Waals surface area contributed by atoms with Gasteiger partial charge in [-0.3, -0.25) is 4.90 Å². The lowest BCUT2D eigenvalue weighted by atomic mass is 10.2. The van der Waals surface area contributed by atoms with Gasteiger partial charge in [-0.1, -0.05) is 34.5 Å². The van der Waals surface area contributed by atoms with Crippen LogP contribution in [0.2, 0.25) is 5.02 Å². The van der Waals surface area contributed by atoms with E-state index in [0.29, 0.717) is 54.4 Å². The molecule has 9 heteroatoms. The van der Waals surface area contributed by atoms with E-state index in [0.717, 1.165) is 16.7 Å². The first kappa shape index (κ1) is 21.0. The van der Waals surface area contributed by atoms with Gasteiger partial charge in [0.1, 0.15) is 0 Å². The highest BCUT2D eigenvalue weighted by atomic mass is 35.5. The van der Waals surface area contributed by atoms with Gasteiger partial charge in [0.25, 0.3) is 0 Å². The van der Waals surface area contributed by atoms with Gasteiger partial charge in [-0.25, -0.2) is 8.42 Å². The van der Waals surface area contributed by atoms with Gasteiger partial charge in [-0.05, 0) is 49.7 Å². The molecule has 7 nitrogen and oxygen atoms in total. The van der Waals surface area contributed by atoms with E-state index in [-0.39, 0.29) is 0 Å². The fourth-order valence-electron chi connectivity index (χ4n) is 3.58. The van der Waals surface area contributed by atoms with Crippen molar-refractivity contribution in [2.24, 2.45) is 0 Å². The average molecular weight is 447 g/mol. The summed E-state index contributed by atoms with van der Waals surface area (Å²) in [6.07, 6.45) is 0. The van der Waals surface area contributed by atoms with Crippen molar-refractivity contribution in [1.29, 1.82) is 0 Å². The number of benzene rings is 2. The van der Waals surface area contributed by atoms with Crippen molar-refractivity contribution in [2.45, 2.75) is 25.3 Å². The van der Waals surface area contributed by atoms with Gasteiger partial charge in [0.2, 0.25) is 21.7 Å². The fraction of sp³-hybridized carbons (Fsp3) is 0.333. The summed E-state index contributed by atoms with van der Waals surface area (Å²) in [5.74, 6) is 1.02. The summed E-state index contributed by atoms with van der Waals surface area (Å²) in [4.78, 5) is 6.94. The van der Waals surface area contributed by atoms with Gasteiger partial charge < -0.3 is 4.52 Å². The van der Waals surface area contributed by atoms with E-state index in [2.05, 4.69) is 15.0 Å². The number of piperazine rings is 1. The smallest absolute Gasteiger partial charge is 0.243 e. The van der Waals surface area contributed by atoms with Gasteiger partial charge in [0.05, 0.1) is 11.4 Å². The molecule has 0 saturated carbocycles. The molecule has 0 amide bonds. The van der Waals surface area contributed by atoms with Crippen LogP contribution in [0.4, 0.5) is 0 Å². The van der Waals surface area contributed by atoms with Crippen molar-refractivity contribution in [2.75, 3.05) is 26.2 Å². The van der Waals surface area contributed by atoms with Crippen molar-refractivity contribution in [3.8, 4) is 11.4 Å². The average Bonchev–Trinajstić information content (AvgIpc) is 3.17. The number of nitrogens with zero attached hydrogens (tertiary/aromatic N) is 4. The first-order chi connectivity index (χ1) is 14.3. The van der Waals surface area contributed by atoms with E-state index in [4.69, 9.17) is 16.1 Å². The third-order valence-electron chi connectivity index (χ3n) is 5.21. The van der Waals surface area contributed by atoms with E-state index >= 15 is 0 Å². The van der Waals surface area contributed by atoms with E-state index < -0.39 is 10.0 Å². The largest absolute Gasteiger partial charge is 0.338 e. The van der Waals surface area contributed by atoms with Crippen molar-refractivity contribution in [3.63, 3.8) is 0 Å². The van der Waals surface area contributed by atoms with Crippen LogP contribution in [0, 0.1) is 13.8 Å². The third kappa shape index (κ3) is 4.41. The minimum absolute atomic E-state index is 0.381. The van der Waals surface area contributed by atoms with Crippen LogP contribution in [0.1, 0.15) is 17.0 Å². The molecule has 1 fully saturated rings. The predicted octanol–water partition coefficient (Wildman–Crippen LogP) is 3.51. The second-order valence-corrected chi connectivity index (χ2v) is 9.81. The monoisotopic (exact) mass is 446 g/mol. The summed E-state index contributed by atoms with van der Waals surface area (Å²) >= 11 is 5.91. The molecule has 2 heterocycles. The second-order valence-electron chi connectivity index (χ2n) is 7.47. The molecule has 30 heavy (non-hydrogen) atoms. The van der Waals surface area contributed by atoms with Crippen molar-refractivity contribution < 1.29 is 12.9 Å². The number of hydrogen-bond donors (Lipinski definition) is 0. The number of halogens is 1. The molecule has 4 rings (SSSR count). The number of rotatable bonds is 5. The zero-order valence-electron chi connectivity index (χ0n) is 16.9. The summed E-state index contributed by atoms with van der Waals surface area (Å²) in [6.45, 7) is 6.33. The number of sulfonamides is 1. The van der Waals surface area contributed by atoms with Crippen LogP contribution >= 0.6 is 11.6 Å². The topological polar surface area (TPSA) is 79.5 Å². The van der Waals surface area contributed by atoms with Crippen LogP contribution < -0.4 is 0 Å². The molecule has 0 N–H and O–H groups in total. The fourth-order valence-corrected chi connectivity index (χ4v) is 5.34. The molecule has 1 aliphatic heterocycles. The zero-order chi connectivity index (χ0) is 21.3. The van der Waals surface area contributed by atoms with E-state index in [1.807, 2.05) is 38.1 Å². The van der Waals surface area contributed by atoms with Crippen LogP contribution in [0.25, 0.3) is 11.4 Å². The van der Waals surface area contributed by atoms with Crippen LogP contribution in [0.3, 0.4) is 0 Å². The van der Waals surface area contributed by atoms with Gasteiger partial charge >= 0.3 is 0 Å². The second kappa shape index (κ2) is 8.47. The molecule has 1 aliphatic rings. The van der Waals surface area contributed by atoms with Gasteiger partial charge in [0, 0.05) is 36.8 Å². The summed E-state index contributed by atoms with van der Waals surface area (Å²) in [7, 11) is -3.50. The molecular formula is C21H23ClN4O3S. The Kier molecular flexibility index (Phi) is 5.92. The molecular weight excluding hydrogens is 424 g/mol. The number of aryl methyl sites for hydroxylation is 2. The SMILES string of the molecule is Cc1ccc(S(=O)(=O)N2CCN(Cc3nc(-c4ccc(Cl)cc4)no3)CC2)c(C)c1. The maximum Gasteiger partial charge on any atom is 0.243 e. The molecule has 1 aromatic heterocycles. The first-order valence-corrected chi connectivity index (χ1v) is 11.5. The Balaban J connectivity index is 1.38. The zero-order valence-corrected chi connectivity index (χ0v) is 18.4. The molecule has 0 bridgehead atoms. The van der Waals surface area contributed by atoms with E-state index in [1.165, 1.54) is 0 Å². The summed E-state index contributed by atoms with van der Waals surface area (Å²) in [5.41, 5.74) is 2.66. The highest BCUT2D eigenvalue weighted by Gasteiger charge is 2.30. The molecule has 0 unspecified atom stereocenters. The lowest BCUT2D eigenvalue weighted by molar-refractivity contribution is 0.163. The van der Waals surface area contributed by atoms with E-state index in [9.17, 15) is 8.42 Å². The van der Waals surface area contributed by atoms with Gasteiger partial charge in [-0.15, -0.1) is 0 Å². The quantitative estimate of drug-likeness (QED) is 0.596. The molecule has 2 aromatic carbocycles. The molecule has 0 atom stereocenters. The Bertz CT molecular complexity index is 1140. The normalized spacial score (nSPS) is 16.1. The molecule has 0 spiro atoms. The standard InChI is InChI=1S/C21H23ClN4O3S/c1-15-3-8-19(16(2)13-15)30(27,28)26-11-9-25(10-12-26)14-20-23-21(24-29-20)17-4-6-18(22)7-5-17/h3-8,13H,9-12,14H2,1-2H3. The van der Waals surface area contributed by atoms with Gasteiger partial charge in [-0.2, -0.15) is 9.29 Å². The highest BCUT2D eigenvalue weighted by Crippen LogP contribution is 2.23. The van der Waals surface area contributed by atoms with Gasteiger partial charge in [0.15, 0.2) is 0 Å². The van der Waals surface area contributed by atoms with Crippen molar-refractivity contribution in [3.05, 3.63) is 64.5 Å². The van der Waals surface area contributed by atoms with Crippen LogP contribution in [0.15, 0.2) is 51.9 Å². The lowest BCUT2D eigenvalue weighted by Gasteiger charge is -2.33. The minimum atomic E-state index is -3.50. The Labute approximate surface area is 181 Å². The lowest BCUT2D eigenvalue weighted by Crippen LogP contribution is -2.48. The van der Waals surface area contributed by atoms with Crippen LogP contribution in [-0.2, 0) is 16.6 Å². The minimum Gasteiger partial charge on any atom is -0.338 e. The summed E-state index contributed by atoms with van der Waals surface area (Å²) in [6, 6.07) is 12.7. The molecule has 0 radical (unpaired) electrons. The van der Waals surface area contributed by atoms with Crippen molar-refractivity contribution in [1.82, 2.24) is 19.3 Å². The number of aromatic nitrogens is 2. The first-order valence-electron chi connectivity index (χ1n) is 9.71. The number of hydrogen-bond acceptors (Lipinski definition) is 6. The Hall–Kier alpha value is -2.26. The maximum atomic E-state index is 13.0. The Morgan fingerprint density at radius 2 is 1.73 bits per heavy atom. The van der Waals surface area contributed by atoms with E-state index in [1.54, 1.807) is 22.5 Å². The predicted molar refractivity (Wildman–Crippen MR) is 115 cm³/mol. The Morgan fingerprint density at radius 3 is 2.40 bits per heavy atom. The van der Waals surface area contributed by atoms with Crippen molar-refractivity contribution >= 4 is 21.6 Å². The molecule has 0 aliphatic carbocycles. The maximum absolute atomic E-state index is 13.0. The Morgan fingerprint density at radius 1 is 1.03 bits per heavy atom.